The van der Waals surface area contributed by atoms with Gasteiger partial charge in [-0.25, -0.2) is 8.42 Å². The van der Waals surface area contributed by atoms with Crippen molar-refractivity contribution in [2.75, 3.05) is 19.6 Å². The molecule has 0 aliphatic heterocycles. The standard InChI is InChI=1S/C13H23ClN2O2S2/c1-5-6-16(9-13(3,4)8-15)20(17,18)11-7-10(2)12(14)19-11/h7H,5-6,8-9,15H2,1-4H3. The minimum absolute atomic E-state index is 0.252. The molecule has 1 rings (SSSR count). The van der Waals surface area contributed by atoms with E-state index >= 15 is 0 Å². The highest BCUT2D eigenvalue weighted by Crippen LogP contribution is 2.33. The average Bonchev–Trinajstić information content (AvgIpc) is 2.69. The van der Waals surface area contributed by atoms with Crippen LogP contribution in [0.1, 0.15) is 32.8 Å². The van der Waals surface area contributed by atoms with Crippen molar-refractivity contribution >= 4 is 33.0 Å². The van der Waals surface area contributed by atoms with Crippen molar-refractivity contribution in [2.24, 2.45) is 11.1 Å². The lowest BCUT2D eigenvalue weighted by molar-refractivity contribution is 0.267. The summed E-state index contributed by atoms with van der Waals surface area (Å²) in [7, 11) is -3.50. The maximum Gasteiger partial charge on any atom is 0.252 e. The molecule has 0 saturated heterocycles. The Labute approximate surface area is 131 Å². The van der Waals surface area contributed by atoms with Gasteiger partial charge in [0, 0.05) is 13.1 Å². The van der Waals surface area contributed by atoms with Gasteiger partial charge in [0.05, 0.1) is 4.34 Å². The molecule has 0 aliphatic carbocycles. The number of sulfonamides is 1. The Morgan fingerprint density at radius 3 is 2.45 bits per heavy atom. The number of halogens is 1. The molecule has 0 amide bonds. The van der Waals surface area contributed by atoms with Gasteiger partial charge in [0.25, 0.3) is 10.0 Å². The fourth-order valence-electron chi connectivity index (χ4n) is 1.76. The lowest BCUT2D eigenvalue weighted by Crippen LogP contribution is -2.42. The number of aryl methyl sites for hydroxylation is 1. The fraction of sp³-hybridized carbons (Fsp3) is 0.692. The topological polar surface area (TPSA) is 63.4 Å². The lowest BCUT2D eigenvalue weighted by atomic mass is 9.94. The molecule has 4 nitrogen and oxygen atoms in total. The van der Waals surface area contributed by atoms with Crippen LogP contribution in [0.15, 0.2) is 10.3 Å². The van der Waals surface area contributed by atoms with Gasteiger partial charge in [-0.05, 0) is 36.9 Å². The summed E-state index contributed by atoms with van der Waals surface area (Å²) in [5.74, 6) is 0. The van der Waals surface area contributed by atoms with Crippen molar-refractivity contribution in [3.8, 4) is 0 Å². The molecule has 2 N–H and O–H groups in total. The van der Waals surface area contributed by atoms with Crippen LogP contribution in [0, 0.1) is 12.3 Å². The first-order chi connectivity index (χ1) is 9.14. The Bertz CT molecular complexity index is 533. The minimum atomic E-state index is -3.50. The second-order valence-electron chi connectivity index (χ2n) is 5.73. The van der Waals surface area contributed by atoms with Crippen LogP contribution in [0.2, 0.25) is 4.34 Å². The van der Waals surface area contributed by atoms with Crippen LogP contribution in [0.3, 0.4) is 0 Å². The maximum atomic E-state index is 12.7. The Morgan fingerprint density at radius 2 is 2.05 bits per heavy atom. The average molecular weight is 339 g/mol. The molecule has 7 heteroatoms. The summed E-state index contributed by atoms with van der Waals surface area (Å²) in [4.78, 5) is 0. The summed E-state index contributed by atoms with van der Waals surface area (Å²) in [6, 6.07) is 1.64. The third-order valence-electron chi connectivity index (χ3n) is 3.06. The molecule has 20 heavy (non-hydrogen) atoms. The summed E-state index contributed by atoms with van der Waals surface area (Å²) < 4.78 is 27.8. The molecule has 0 radical (unpaired) electrons. The van der Waals surface area contributed by atoms with Crippen LogP contribution in [0.25, 0.3) is 0 Å². The lowest BCUT2D eigenvalue weighted by Gasteiger charge is -2.30. The first-order valence-electron chi connectivity index (χ1n) is 6.60. The van der Waals surface area contributed by atoms with E-state index < -0.39 is 10.0 Å². The van der Waals surface area contributed by atoms with E-state index in [1.807, 2.05) is 27.7 Å². The van der Waals surface area contributed by atoms with Gasteiger partial charge in [-0.15, -0.1) is 11.3 Å². The van der Waals surface area contributed by atoms with E-state index in [4.69, 9.17) is 17.3 Å². The normalized spacial score (nSPS) is 13.2. The summed E-state index contributed by atoms with van der Waals surface area (Å²) in [5, 5.41) is 0. The smallest absolute Gasteiger partial charge is 0.252 e. The van der Waals surface area contributed by atoms with Crippen molar-refractivity contribution in [3.05, 3.63) is 16.0 Å². The van der Waals surface area contributed by atoms with Crippen LogP contribution in [0.4, 0.5) is 0 Å². The predicted octanol–water partition coefficient (Wildman–Crippen LogP) is 3.10. The monoisotopic (exact) mass is 338 g/mol. The van der Waals surface area contributed by atoms with Crippen LogP contribution in [-0.2, 0) is 10.0 Å². The fourth-order valence-corrected chi connectivity index (χ4v) is 5.35. The van der Waals surface area contributed by atoms with E-state index in [2.05, 4.69) is 0 Å². The zero-order chi connectivity index (χ0) is 15.6. The molecule has 0 aliphatic rings. The van der Waals surface area contributed by atoms with E-state index in [-0.39, 0.29) is 5.41 Å². The van der Waals surface area contributed by atoms with Crippen molar-refractivity contribution in [3.63, 3.8) is 0 Å². The quantitative estimate of drug-likeness (QED) is 0.830. The van der Waals surface area contributed by atoms with E-state index in [0.29, 0.717) is 28.2 Å². The van der Waals surface area contributed by atoms with E-state index in [9.17, 15) is 8.42 Å². The van der Waals surface area contributed by atoms with E-state index in [1.54, 1.807) is 6.07 Å². The Kier molecular flexibility index (Phi) is 6.04. The maximum absolute atomic E-state index is 12.7. The van der Waals surface area contributed by atoms with Crippen LogP contribution in [0.5, 0.6) is 0 Å². The Balaban J connectivity index is 3.12. The van der Waals surface area contributed by atoms with Crippen molar-refractivity contribution in [2.45, 2.75) is 38.3 Å². The highest BCUT2D eigenvalue weighted by atomic mass is 35.5. The SMILES string of the molecule is CCCN(CC(C)(C)CN)S(=O)(=O)c1cc(C)c(Cl)s1. The van der Waals surface area contributed by atoms with Gasteiger partial charge in [0.1, 0.15) is 4.21 Å². The van der Waals surface area contributed by atoms with Gasteiger partial charge >= 0.3 is 0 Å². The molecule has 0 aromatic carbocycles. The number of nitrogens with two attached hydrogens (primary N) is 1. The van der Waals surface area contributed by atoms with E-state index in [0.717, 1.165) is 23.3 Å². The minimum Gasteiger partial charge on any atom is -0.330 e. The number of rotatable bonds is 7. The predicted molar refractivity (Wildman–Crippen MR) is 86.0 cm³/mol. The van der Waals surface area contributed by atoms with Crippen molar-refractivity contribution in [1.82, 2.24) is 4.31 Å². The zero-order valence-corrected chi connectivity index (χ0v) is 14.8. The molecule has 116 valence electrons. The van der Waals surface area contributed by atoms with Gasteiger partial charge in [0.2, 0.25) is 0 Å². The molecular formula is C13H23ClN2O2S2. The van der Waals surface area contributed by atoms with Crippen molar-refractivity contribution < 1.29 is 8.42 Å². The largest absolute Gasteiger partial charge is 0.330 e. The highest BCUT2D eigenvalue weighted by Gasteiger charge is 2.31. The molecule has 1 heterocycles. The van der Waals surface area contributed by atoms with Crippen LogP contribution < -0.4 is 5.73 Å². The summed E-state index contributed by atoms with van der Waals surface area (Å²) in [6.45, 7) is 9.05. The van der Waals surface area contributed by atoms with Gasteiger partial charge in [-0.1, -0.05) is 32.4 Å². The molecule has 0 saturated carbocycles. The van der Waals surface area contributed by atoms with E-state index in [1.165, 1.54) is 4.31 Å². The molecule has 0 unspecified atom stereocenters. The van der Waals surface area contributed by atoms with Gasteiger partial charge in [-0.2, -0.15) is 4.31 Å². The van der Waals surface area contributed by atoms with Gasteiger partial charge in [0.15, 0.2) is 0 Å². The van der Waals surface area contributed by atoms with Gasteiger partial charge in [-0.3, -0.25) is 0 Å². The molecule has 0 fully saturated rings. The molecule has 0 atom stereocenters. The third-order valence-corrected chi connectivity index (χ3v) is 6.91. The second-order valence-corrected chi connectivity index (χ2v) is 9.55. The summed E-state index contributed by atoms with van der Waals surface area (Å²) in [6.07, 6.45) is 0.762. The highest BCUT2D eigenvalue weighted by molar-refractivity contribution is 7.91. The second kappa shape index (κ2) is 6.75. The first-order valence-corrected chi connectivity index (χ1v) is 9.23. The number of nitrogens with zero attached hydrogens (tertiary/aromatic N) is 1. The number of hydrogen-bond donors (Lipinski definition) is 1. The molecule has 0 spiro atoms. The molecule has 1 aromatic rings. The van der Waals surface area contributed by atoms with Gasteiger partial charge < -0.3 is 5.73 Å². The Morgan fingerprint density at radius 1 is 1.45 bits per heavy atom. The van der Waals surface area contributed by atoms with Crippen LogP contribution >= 0.6 is 22.9 Å². The molecule has 0 bridgehead atoms. The third kappa shape index (κ3) is 4.18. The molecular weight excluding hydrogens is 316 g/mol. The summed E-state index contributed by atoms with van der Waals surface area (Å²) >= 11 is 7.11. The zero-order valence-electron chi connectivity index (χ0n) is 12.4. The first kappa shape index (κ1) is 17.9. The number of hydrogen-bond acceptors (Lipinski definition) is 4. The number of thiophene rings is 1. The Hall–Kier alpha value is -0.140. The molecule has 1 aromatic heterocycles. The van der Waals surface area contributed by atoms with Crippen molar-refractivity contribution in [1.29, 1.82) is 0 Å². The van der Waals surface area contributed by atoms with Crippen LogP contribution in [-0.4, -0.2) is 32.4 Å². The summed E-state index contributed by atoms with van der Waals surface area (Å²) in [5.41, 5.74) is 6.27.